The van der Waals surface area contributed by atoms with Gasteiger partial charge in [-0.15, -0.1) is 11.6 Å². The van der Waals surface area contributed by atoms with Crippen LogP contribution < -0.4 is 5.32 Å². The Kier molecular flexibility index (Phi) is 6.97. The lowest BCUT2D eigenvalue weighted by Crippen LogP contribution is -2.39. The Bertz CT molecular complexity index is 247. The van der Waals surface area contributed by atoms with E-state index in [0.29, 0.717) is 0 Å². The summed E-state index contributed by atoms with van der Waals surface area (Å²) in [4.78, 5) is 2.55. The number of likely N-dealkylation sites (tertiary alicyclic amines) is 1. The average molecular weight is 287 g/mol. The molecule has 3 unspecified atom stereocenters. The second-order valence-electron chi connectivity index (χ2n) is 6.58. The lowest BCUT2D eigenvalue weighted by Gasteiger charge is -2.33. The van der Waals surface area contributed by atoms with Crippen molar-refractivity contribution in [3.8, 4) is 0 Å². The third kappa shape index (κ3) is 4.91. The highest BCUT2D eigenvalue weighted by Gasteiger charge is 2.24. The van der Waals surface area contributed by atoms with Crippen molar-refractivity contribution < 1.29 is 0 Å². The highest BCUT2D eigenvalue weighted by Crippen LogP contribution is 2.30. The van der Waals surface area contributed by atoms with Gasteiger partial charge >= 0.3 is 0 Å². The summed E-state index contributed by atoms with van der Waals surface area (Å²) in [6.45, 7) is 3.66. The minimum atomic E-state index is 0.764. The molecule has 0 radical (unpaired) electrons. The molecule has 0 aromatic heterocycles. The summed E-state index contributed by atoms with van der Waals surface area (Å²) >= 11 is 6.09. The third-order valence-electron chi connectivity index (χ3n) is 5.25. The summed E-state index contributed by atoms with van der Waals surface area (Å²) in [5.41, 5.74) is 0. The Hall–Kier alpha value is 0.210. The molecule has 3 atom stereocenters. The number of nitrogens with one attached hydrogen (secondary N) is 1. The lowest BCUT2D eigenvalue weighted by molar-refractivity contribution is 0.173. The van der Waals surface area contributed by atoms with Gasteiger partial charge in [-0.25, -0.2) is 0 Å². The fourth-order valence-electron chi connectivity index (χ4n) is 3.82. The molecule has 2 nitrogen and oxygen atoms in total. The zero-order chi connectivity index (χ0) is 13.5. The summed E-state index contributed by atoms with van der Waals surface area (Å²) in [5.74, 6) is 2.45. The molecule has 1 saturated carbocycles. The van der Waals surface area contributed by atoms with E-state index >= 15 is 0 Å². The van der Waals surface area contributed by atoms with Gasteiger partial charge in [0.1, 0.15) is 0 Å². The van der Waals surface area contributed by atoms with Crippen molar-refractivity contribution >= 4 is 11.6 Å². The van der Waals surface area contributed by atoms with E-state index in [0.717, 1.165) is 23.8 Å². The molecule has 19 heavy (non-hydrogen) atoms. The number of hydrogen-bond acceptors (Lipinski definition) is 2. The van der Waals surface area contributed by atoms with Crippen LogP contribution in [0.25, 0.3) is 0 Å². The van der Waals surface area contributed by atoms with Crippen molar-refractivity contribution in [2.24, 2.45) is 11.8 Å². The van der Waals surface area contributed by atoms with Gasteiger partial charge in [0.2, 0.25) is 0 Å². The summed E-state index contributed by atoms with van der Waals surface area (Å²) in [7, 11) is 2.29. The van der Waals surface area contributed by atoms with E-state index in [4.69, 9.17) is 11.6 Å². The van der Waals surface area contributed by atoms with Crippen molar-refractivity contribution in [1.29, 1.82) is 0 Å². The van der Waals surface area contributed by atoms with Gasteiger partial charge in [-0.1, -0.05) is 19.3 Å². The minimum Gasteiger partial charge on any atom is -0.316 e. The summed E-state index contributed by atoms with van der Waals surface area (Å²) < 4.78 is 0. The third-order valence-corrected chi connectivity index (χ3v) is 5.64. The molecule has 2 fully saturated rings. The maximum Gasteiger partial charge on any atom is 0.0254 e. The SMILES string of the molecule is CN1CCCCC1CCNCC1CCCCC1CCl. The molecule has 1 N–H and O–H groups in total. The first-order valence-electron chi connectivity index (χ1n) is 8.28. The molecule has 0 bridgehead atoms. The van der Waals surface area contributed by atoms with Crippen molar-refractivity contribution in [3.63, 3.8) is 0 Å². The van der Waals surface area contributed by atoms with Crippen LogP contribution in [0.5, 0.6) is 0 Å². The average Bonchev–Trinajstić information content (AvgIpc) is 2.45. The first-order chi connectivity index (χ1) is 9.31. The molecule has 2 rings (SSSR count). The predicted molar refractivity (Wildman–Crippen MR) is 83.9 cm³/mol. The maximum atomic E-state index is 6.09. The van der Waals surface area contributed by atoms with Crippen LogP contribution in [-0.2, 0) is 0 Å². The van der Waals surface area contributed by atoms with E-state index in [-0.39, 0.29) is 0 Å². The van der Waals surface area contributed by atoms with Crippen LogP contribution >= 0.6 is 11.6 Å². The van der Waals surface area contributed by atoms with Crippen molar-refractivity contribution in [2.45, 2.75) is 57.4 Å². The van der Waals surface area contributed by atoms with Crippen LogP contribution in [0.2, 0.25) is 0 Å². The zero-order valence-electron chi connectivity index (χ0n) is 12.5. The number of nitrogens with zero attached hydrogens (tertiary/aromatic N) is 1. The van der Waals surface area contributed by atoms with Gasteiger partial charge in [-0.05, 0) is 70.6 Å². The molecular weight excluding hydrogens is 256 g/mol. The van der Waals surface area contributed by atoms with E-state index in [2.05, 4.69) is 17.3 Å². The molecule has 1 aliphatic carbocycles. The molecule has 0 amide bonds. The van der Waals surface area contributed by atoms with E-state index in [1.54, 1.807) is 0 Å². The topological polar surface area (TPSA) is 15.3 Å². The number of rotatable bonds is 6. The molecule has 0 aromatic carbocycles. The normalized spacial score (nSPS) is 33.5. The lowest BCUT2D eigenvalue weighted by atomic mass is 9.80. The second kappa shape index (κ2) is 8.49. The molecule has 2 aliphatic rings. The molecule has 0 spiro atoms. The smallest absolute Gasteiger partial charge is 0.0254 e. The molecule has 1 saturated heterocycles. The fourth-order valence-corrected chi connectivity index (χ4v) is 4.23. The summed E-state index contributed by atoms with van der Waals surface area (Å²) in [6, 6.07) is 0.816. The molecular formula is C16H31ClN2. The van der Waals surface area contributed by atoms with Gasteiger partial charge in [0.25, 0.3) is 0 Å². The summed E-state index contributed by atoms with van der Waals surface area (Å²) in [6.07, 6.45) is 11.0. The summed E-state index contributed by atoms with van der Waals surface area (Å²) in [5, 5.41) is 3.70. The van der Waals surface area contributed by atoms with Crippen LogP contribution in [0.4, 0.5) is 0 Å². The fraction of sp³-hybridized carbons (Fsp3) is 1.00. The minimum absolute atomic E-state index is 0.764. The van der Waals surface area contributed by atoms with E-state index in [9.17, 15) is 0 Å². The first kappa shape index (κ1) is 15.6. The first-order valence-corrected chi connectivity index (χ1v) is 8.81. The standard InChI is InChI=1S/C16H31ClN2/c1-19-11-5-4-8-16(19)9-10-18-13-15-7-3-2-6-14(15)12-17/h14-16,18H,2-13H2,1H3. The maximum absolute atomic E-state index is 6.09. The van der Waals surface area contributed by atoms with Gasteiger partial charge in [0, 0.05) is 11.9 Å². The van der Waals surface area contributed by atoms with Crippen LogP contribution in [0.15, 0.2) is 0 Å². The highest BCUT2D eigenvalue weighted by atomic mass is 35.5. The predicted octanol–water partition coefficient (Wildman–Crippen LogP) is 3.50. The van der Waals surface area contributed by atoms with E-state index < -0.39 is 0 Å². The Balaban J connectivity index is 1.60. The van der Waals surface area contributed by atoms with Crippen molar-refractivity contribution in [3.05, 3.63) is 0 Å². The molecule has 3 heteroatoms. The van der Waals surface area contributed by atoms with Gasteiger partial charge in [0.15, 0.2) is 0 Å². The monoisotopic (exact) mass is 286 g/mol. The number of hydrogen-bond donors (Lipinski definition) is 1. The van der Waals surface area contributed by atoms with Gasteiger partial charge in [-0.2, -0.15) is 0 Å². The van der Waals surface area contributed by atoms with E-state index in [1.165, 1.54) is 71.0 Å². The van der Waals surface area contributed by atoms with Crippen LogP contribution in [0.3, 0.4) is 0 Å². The van der Waals surface area contributed by atoms with Crippen LogP contribution in [-0.4, -0.2) is 43.5 Å². The molecule has 112 valence electrons. The van der Waals surface area contributed by atoms with Crippen LogP contribution in [0, 0.1) is 11.8 Å². The van der Waals surface area contributed by atoms with Gasteiger partial charge in [0.05, 0.1) is 0 Å². The molecule has 1 heterocycles. The number of halogens is 1. The Labute approximate surface area is 124 Å². The largest absolute Gasteiger partial charge is 0.316 e. The van der Waals surface area contributed by atoms with Gasteiger partial charge in [-0.3, -0.25) is 0 Å². The van der Waals surface area contributed by atoms with Crippen LogP contribution in [0.1, 0.15) is 51.4 Å². The highest BCUT2D eigenvalue weighted by molar-refractivity contribution is 6.18. The quantitative estimate of drug-likeness (QED) is 0.594. The van der Waals surface area contributed by atoms with Crippen molar-refractivity contribution in [2.75, 3.05) is 32.6 Å². The van der Waals surface area contributed by atoms with Crippen molar-refractivity contribution in [1.82, 2.24) is 10.2 Å². The molecule has 0 aromatic rings. The Morgan fingerprint density at radius 3 is 2.53 bits per heavy atom. The molecule has 1 aliphatic heterocycles. The zero-order valence-corrected chi connectivity index (χ0v) is 13.3. The number of alkyl halides is 1. The van der Waals surface area contributed by atoms with Gasteiger partial charge < -0.3 is 10.2 Å². The second-order valence-corrected chi connectivity index (χ2v) is 6.89. The van der Waals surface area contributed by atoms with E-state index in [1.807, 2.05) is 0 Å². The Morgan fingerprint density at radius 1 is 1.05 bits per heavy atom. The number of piperidine rings is 1. The Morgan fingerprint density at radius 2 is 1.79 bits per heavy atom.